The van der Waals surface area contributed by atoms with Crippen LogP contribution in [0, 0.1) is 5.82 Å². The molecule has 6 nitrogen and oxygen atoms in total. The fourth-order valence-corrected chi connectivity index (χ4v) is 2.78. The molecule has 2 aromatic rings. The summed E-state index contributed by atoms with van der Waals surface area (Å²) in [5.41, 5.74) is 0.872. The number of hydrogen-bond acceptors (Lipinski definition) is 4. The Morgan fingerprint density at radius 3 is 2.69 bits per heavy atom. The fourth-order valence-electron chi connectivity index (χ4n) is 2.78. The summed E-state index contributed by atoms with van der Waals surface area (Å²) >= 11 is 0. The lowest BCUT2D eigenvalue weighted by Gasteiger charge is -2.34. The number of aromatic nitrogens is 1. The lowest BCUT2D eigenvalue weighted by molar-refractivity contribution is 0.142. The predicted molar refractivity (Wildman–Crippen MR) is 96.6 cm³/mol. The van der Waals surface area contributed by atoms with Gasteiger partial charge in [0.25, 0.3) is 0 Å². The van der Waals surface area contributed by atoms with Crippen LogP contribution in [-0.4, -0.2) is 53.5 Å². The number of nitrogens with zero attached hydrogens (tertiary/aromatic N) is 3. The maximum absolute atomic E-state index is 13.2. The number of carbonyl (C=O) groups excluding carboxylic acids is 1. The van der Waals surface area contributed by atoms with Crippen LogP contribution < -0.4 is 10.1 Å². The first-order valence-corrected chi connectivity index (χ1v) is 8.77. The van der Waals surface area contributed by atoms with E-state index < -0.39 is 0 Å². The van der Waals surface area contributed by atoms with Gasteiger partial charge in [0.15, 0.2) is 0 Å². The lowest BCUT2D eigenvalue weighted by Crippen LogP contribution is -2.51. The van der Waals surface area contributed by atoms with Gasteiger partial charge in [0.2, 0.25) is 5.88 Å². The van der Waals surface area contributed by atoms with Gasteiger partial charge in [-0.1, -0.05) is 19.1 Å². The number of pyridine rings is 1. The Hall–Kier alpha value is -2.67. The van der Waals surface area contributed by atoms with Crippen molar-refractivity contribution < 1.29 is 13.9 Å². The van der Waals surface area contributed by atoms with E-state index in [0.29, 0.717) is 18.2 Å². The van der Waals surface area contributed by atoms with Gasteiger partial charge in [0, 0.05) is 51.1 Å². The standard InChI is InChI=1S/C19H23FN4O2/c1-2-23-8-10-24(11-9-23)19(25)22-14-15-6-7-18(21-13-15)26-17-5-3-4-16(20)12-17/h3-7,12-13H,2,8-11,14H2,1H3,(H,22,25). The molecule has 3 rings (SSSR count). The number of amides is 2. The number of urea groups is 1. The molecule has 0 aliphatic carbocycles. The number of benzene rings is 1. The van der Waals surface area contributed by atoms with Crippen molar-refractivity contribution in [3.05, 3.63) is 54.0 Å². The summed E-state index contributed by atoms with van der Waals surface area (Å²) in [5.74, 6) is 0.410. The molecule has 0 bridgehead atoms. The molecule has 2 amide bonds. The molecule has 1 fully saturated rings. The van der Waals surface area contributed by atoms with Crippen molar-refractivity contribution in [2.45, 2.75) is 13.5 Å². The molecule has 0 saturated carbocycles. The summed E-state index contributed by atoms with van der Waals surface area (Å²) in [7, 11) is 0. The Bertz CT molecular complexity index is 731. The first-order chi connectivity index (χ1) is 12.6. The van der Waals surface area contributed by atoms with Gasteiger partial charge >= 0.3 is 6.03 Å². The van der Waals surface area contributed by atoms with Crippen LogP contribution in [0.5, 0.6) is 11.6 Å². The van der Waals surface area contributed by atoms with Crippen LogP contribution in [0.4, 0.5) is 9.18 Å². The molecule has 0 radical (unpaired) electrons. The van der Waals surface area contributed by atoms with Crippen molar-refractivity contribution in [1.82, 2.24) is 20.1 Å². The number of halogens is 1. The second-order valence-corrected chi connectivity index (χ2v) is 6.14. The van der Waals surface area contributed by atoms with Crippen molar-refractivity contribution in [3.8, 4) is 11.6 Å². The van der Waals surface area contributed by atoms with E-state index >= 15 is 0 Å². The number of piperazine rings is 1. The Labute approximate surface area is 152 Å². The molecule has 26 heavy (non-hydrogen) atoms. The van der Waals surface area contributed by atoms with E-state index in [1.165, 1.54) is 12.1 Å². The van der Waals surface area contributed by atoms with Crippen LogP contribution in [0.15, 0.2) is 42.6 Å². The van der Waals surface area contributed by atoms with E-state index in [0.717, 1.165) is 38.3 Å². The molecule has 1 aliphatic heterocycles. The summed E-state index contributed by atoms with van der Waals surface area (Å²) in [4.78, 5) is 20.6. The number of ether oxygens (including phenoxy) is 1. The topological polar surface area (TPSA) is 57.7 Å². The van der Waals surface area contributed by atoms with E-state index in [1.54, 1.807) is 24.4 Å². The van der Waals surface area contributed by atoms with Crippen LogP contribution in [0.25, 0.3) is 0 Å². The molecule has 1 N–H and O–H groups in total. The Balaban J connectivity index is 1.47. The number of carbonyl (C=O) groups is 1. The molecule has 0 atom stereocenters. The van der Waals surface area contributed by atoms with Crippen molar-refractivity contribution in [2.75, 3.05) is 32.7 Å². The molecule has 0 spiro atoms. The Kier molecular flexibility index (Phi) is 6.01. The highest BCUT2D eigenvalue weighted by molar-refractivity contribution is 5.74. The summed E-state index contributed by atoms with van der Waals surface area (Å²) in [5, 5.41) is 2.92. The van der Waals surface area contributed by atoms with E-state index in [4.69, 9.17) is 4.74 Å². The first kappa shape index (κ1) is 18.1. The third kappa shape index (κ3) is 4.92. The highest BCUT2D eigenvalue weighted by Gasteiger charge is 2.19. The second kappa shape index (κ2) is 8.62. The van der Waals surface area contributed by atoms with Crippen molar-refractivity contribution in [2.24, 2.45) is 0 Å². The van der Waals surface area contributed by atoms with Crippen LogP contribution in [0.1, 0.15) is 12.5 Å². The molecule has 1 aromatic carbocycles. The third-order valence-corrected chi connectivity index (χ3v) is 4.37. The van der Waals surface area contributed by atoms with Crippen LogP contribution in [0.3, 0.4) is 0 Å². The quantitative estimate of drug-likeness (QED) is 0.893. The molecule has 1 aromatic heterocycles. The Morgan fingerprint density at radius 2 is 2.04 bits per heavy atom. The maximum Gasteiger partial charge on any atom is 0.317 e. The summed E-state index contributed by atoms with van der Waals surface area (Å²) in [6, 6.07) is 9.37. The highest BCUT2D eigenvalue weighted by Crippen LogP contribution is 2.20. The highest BCUT2D eigenvalue weighted by atomic mass is 19.1. The van der Waals surface area contributed by atoms with Crippen LogP contribution >= 0.6 is 0 Å². The van der Waals surface area contributed by atoms with Crippen molar-refractivity contribution in [3.63, 3.8) is 0 Å². The molecule has 138 valence electrons. The van der Waals surface area contributed by atoms with Gasteiger partial charge in [-0.05, 0) is 24.2 Å². The van der Waals surface area contributed by atoms with E-state index in [1.807, 2.05) is 11.0 Å². The maximum atomic E-state index is 13.2. The largest absolute Gasteiger partial charge is 0.439 e. The minimum atomic E-state index is -0.360. The number of likely N-dealkylation sites (N-methyl/N-ethyl adjacent to an activating group) is 1. The van der Waals surface area contributed by atoms with Crippen LogP contribution in [-0.2, 0) is 6.54 Å². The average molecular weight is 358 g/mol. The van der Waals surface area contributed by atoms with Gasteiger partial charge in [-0.15, -0.1) is 0 Å². The first-order valence-electron chi connectivity index (χ1n) is 8.77. The zero-order chi connectivity index (χ0) is 18.4. The van der Waals surface area contributed by atoms with Gasteiger partial charge < -0.3 is 19.9 Å². The number of hydrogen-bond donors (Lipinski definition) is 1. The minimum Gasteiger partial charge on any atom is -0.439 e. The molecule has 0 unspecified atom stereocenters. The zero-order valence-electron chi connectivity index (χ0n) is 14.8. The van der Waals surface area contributed by atoms with Gasteiger partial charge in [-0.2, -0.15) is 0 Å². The average Bonchev–Trinajstić information content (AvgIpc) is 2.67. The van der Waals surface area contributed by atoms with E-state index in [-0.39, 0.29) is 11.8 Å². The molecular weight excluding hydrogens is 335 g/mol. The van der Waals surface area contributed by atoms with Gasteiger partial charge in [-0.25, -0.2) is 14.2 Å². The second-order valence-electron chi connectivity index (χ2n) is 6.14. The monoisotopic (exact) mass is 358 g/mol. The SMILES string of the molecule is CCN1CCN(C(=O)NCc2ccc(Oc3cccc(F)c3)nc2)CC1. The van der Waals surface area contributed by atoms with Gasteiger partial charge in [-0.3, -0.25) is 0 Å². The van der Waals surface area contributed by atoms with E-state index in [9.17, 15) is 9.18 Å². The summed E-state index contributed by atoms with van der Waals surface area (Å²) < 4.78 is 18.7. The Morgan fingerprint density at radius 1 is 1.23 bits per heavy atom. The normalized spacial score (nSPS) is 14.9. The number of nitrogens with one attached hydrogen (secondary N) is 1. The zero-order valence-corrected chi connectivity index (χ0v) is 14.8. The smallest absolute Gasteiger partial charge is 0.317 e. The lowest BCUT2D eigenvalue weighted by atomic mass is 10.3. The fraction of sp³-hybridized carbons (Fsp3) is 0.368. The van der Waals surface area contributed by atoms with Crippen molar-refractivity contribution in [1.29, 1.82) is 0 Å². The van der Waals surface area contributed by atoms with Crippen LogP contribution in [0.2, 0.25) is 0 Å². The molecule has 1 aliphatic rings. The molecule has 2 heterocycles. The molecule has 7 heteroatoms. The minimum absolute atomic E-state index is 0.0548. The number of rotatable bonds is 5. The van der Waals surface area contributed by atoms with Gasteiger partial charge in [0.05, 0.1) is 0 Å². The predicted octanol–water partition coefficient (Wildman–Crippen LogP) is 2.86. The van der Waals surface area contributed by atoms with E-state index in [2.05, 4.69) is 22.1 Å². The summed E-state index contributed by atoms with van der Waals surface area (Å²) in [6.45, 7) is 6.88. The summed E-state index contributed by atoms with van der Waals surface area (Å²) in [6.07, 6.45) is 1.64. The van der Waals surface area contributed by atoms with Crippen molar-refractivity contribution >= 4 is 6.03 Å². The molecular formula is C19H23FN4O2. The third-order valence-electron chi connectivity index (χ3n) is 4.37. The van der Waals surface area contributed by atoms with Gasteiger partial charge in [0.1, 0.15) is 11.6 Å². The molecule has 1 saturated heterocycles.